The Bertz CT molecular complexity index is 732. The van der Waals surface area contributed by atoms with Gasteiger partial charge in [0.2, 0.25) is 0 Å². The summed E-state index contributed by atoms with van der Waals surface area (Å²) in [6.45, 7) is 1.65. The summed E-state index contributed by atoms with van der Waals surface area (Å²) in [7, 11) is 4.20. The fourth-order valence-electron chi connectivity index (χ4n) is 2.55. The Morgan fingerprint density at radius 3 is 2.64 bits per heavy atom. The number of hydrogen-bond acceptors (Lipinski definition) is 2. The molecule has 0 spiro atoms. The predicted molar refractivity (Wildman–Crippen MR) is 91.3 cm³/mol. The topological polar surface area (TPSA) is 28.3 Å². The van der Waals surface area contributed by atoms with Gasteiger partial charge >= 0.3 is 0 Å². The molecule has 0 aliphatic rings. The first-order valence-electron chi connectivity index (χ1n) is 7.64. The lowest BCUT2D eigenvalue weighted by molar-refractivity contribution is 0.306. The van der Waals surface area contributed by atoms with Crippen molar-refractivity contribution in [3.8, 4) is 5.75 Å². The SMILES string of the molecule is CN(C)CCc1c[nH]c2cc(OCc3ccccc3)ccc12. The van der Waals surface area contributed by atoms with Crippen molar-refractivity contribution in [3.05, 3.63) is 65.9 Å². The average molecular weight is 294 g/mol. The molecule has 0 bridgehead atoms. The maximum absolute atomic E-state index is 5.88. The van der Waals surface area contributed by atoms with Crippen LogP contribution >= 0.6 is 0 Å². The number of ether oxygens (including phenoxy) is 1. The van der Waals surface area contributed by atoms with Gasteiger partial charge in [0.25, 0.3) is 0 Å². The molecule has 0 radical (unpaired) electrons. The molecule has 1 heterocycles. The number of hydrogen-bond donors (Lipinski definition) is 1. The minimum Gasteiger partial charge on any atom is -0.489 e. The third-order valence-electron chi connectivity index (χ3n) is 3.82. The van der Waals surface area contributed by atoms with E-state index < -0.39 is 0 Å². The van der Waals surface area contributed by atoms with Crippen LogP contribution < -0.4 is 4.74 Å². The highest BCUT2D eigenvalue weighted by molar-refractivity contribution is 5.84. The van der Waals surface area contributed by atoms with Crippen molar-refractivity contribution in [2.75, 3.05) is 20.6 Å². The van der Waals surface area contributed by atoms with E-state index >= 15 is 0 Å². The van der Waals surface area contributed by atoms with Crippen LogP contribution in [0.2, 0.25) is 0 Å². The van der Waals surface area contributed by atoms with E-state index in [0.717, 1.165) is 24.2 Å². The van der Waals surface area contributed by atoms with Crippen molar-refractivity contribution in [1.29, 1.82) is 0 Å². The normalized spacial score (nSPS) is 11.2. The average Bonchev–Trinajstić information content (AvgIpc) is 2.94. The van der Waals surface area contributed by atoms with E-state index in [1.165, 1.54) is 16.5 Å². The molecule has 0 atom stereocenters. The lowest BCUT2D eigenvalue weighted by atomic mass is 10.1. The maximum atomic E-state index is 5.88. The molecule has 114 valence electrons. The maximum Gasteiger partial charge on any atom is 0.121 e. The van der Waals surface area contributed by atoms with Gasteiger partial charge in [-0.15, -0.1) is 0 Å². The third kappa shape index (κ3) is 3.49. The van der Waals surface area contributed by atoms with Crippen molar-refractivity contribution in [2.45, 2.75) is 13.0 Å². The van der Waals surface area contributed by atoms with Gasteiger partial charge in [-0.25, -0.2) is 0 Å². The van der Waals surface area contributed by atoms with Crippen LogP contribution in [0.15, 0.2) is 54.7 Å². The molecule has 0 aliphatic carbocycles. The molecule has 0 aliphatic heterocycles. The van der Waals surface area contributed by atoms with Gasteiger partial charge in [-0.1, -0.05) is 30.3 Å². The number of likely N-dealkylation sites (N-methyl/N-ethyl adjacent to an activating group) is 1. The minimum absolute atomic E-state index is 0.598. The van der Waals surface area contributed by atoms with Gasteiger partial charge in [-0.3, -0.25) is 0 Å². The number of aromatic nitrogens is 1. The summed E-state index contributed by atoms with van der Waals surface area (Å²) in [6, 6.07) is 16.5. The zero-order valence-electron chi connectivity index (χ0n) is 13.2. The zero-order valence-corrected chi connectivity index (χ0v) is 13.2. The number of nitrogens with zero attached hydrogens (tertiary/aromatic N) is 1. The molecule has 3 nitrogen and oxygen atoms in total. The smallest absolute Gasteiger partial charge is 0.121 e. The molecule has 3 aromatic rings. The lowest BCUT2D eigenvalue weighted by Gasteiger charge is -2.09. The molecule has 1 N–H and O–H groups in total. The van der Waals surface area contributed by atoms with Crippen LogP contribution in [-0.2, 0) is 13.0 Å². The second-order valence-electron chi connectivity index (χ2n) is 5.85. The summed E-state index contributed by atoms with van der Waals surface area (Å²) >= 11 is 0. The lowest BCUT2D eigenvalue weighted by Crippen LogP contribution is -2.14. The van der Waals surface area contributed by atoms with Gasteiger partial charge in [-0.2, -0.15) is 0 Å². The number of benzene rings is 2. The molecule has 1 aromatic heterocycles. The third-order valence-corrected chi connectivity index (χ3v) is 3.82. The fraction of sp³-hybridized carbons (Fsp3) is 0.263. The first-order chi connectivity index (χ1) is 10.7. The van der Waals surface area contributed by atoms with E-state index in [9.17, 15) is 0 Å². The van der Waals surface area contributed by atoms with Crippen LogP contribution in [-0.4, -0.2) is 30.5 Å². The largest absolute Gasteiger partial charge is 0.489 e. The standard InChI is InChI=1S/C19H22N2O/c1-21(2)11-10-16-13-20-19-12-17(8-9-18(16)19)22-14-15-6-4-3-5-7-15/h3-9,12-13,20H,10-11,14H2,1-2H3. The molecule has 0 saturated carbocycles. The molecule has 0 saturated heterocycles. The summed E-state index contributed by atoms with van der Waals surface area (Å²) in [6.07, 6.45) is 3.16. The van der Waals surface area contributed by atoms with Crippen molar-refractivity contribution in [2.24, 2.45) is 0 Å². The minimum atomic E-state index is 0.598. The highest BCUT2D eigenvalue weighted by Gasteiger charge is 2.06. The van der Waals surface area contributed by atoms with E-state index in [1.807, 2.05) is 18.2 Å². The Balaban J connectivity index is 1.71. The Labute approximate surface area is 131 Å². The summed E-state index contributed by atoms with van der Waals surface area (Å²) in [5, 5.41) is 1.29. The van der Waals surface area contributed by atoms with Crippen molar-refractivity contribution in [3.63, 3.8) is 0 Å². The zero-order chi connectivity index (χ0) is 15.4. The molecule has 22 heavy (non-hydrogen) atoms. The van der Waals surface area contributed by atoms with Crippen LogP contribution in [0.1, 0.15) is 11.1 Å². The van der Waals surface area contributed by atoms with Crippen molar-refractivity contribution >= 4 is 10.9 Å². The number of nitrogens with one attached hydrogen (secondary N) is 1. The fourth-order valence-corrected chi connectivity index (χ4v) is 2.55. The Morgan fingerprint density at radius 2 is 1.86 bits per heavy atom. The molecular formula is C19H22N2O. The van der Waals surface area contributed by atoms with Crippen LogP contribution in [0, 0.1) is 0 Å². The van der Waals surface area contributed by atoms with Crippen LogP contribution in [0.25, 0.3) is 10.9 Å². The van der Waals surface area contributed by atoms with Gasteiger partial charge in [0.1, 0.15) is 12.4 Å². The first kappa shape index (κ1) is 14.7. The molecule has 0 fully saturated rings. The van der Waals surface area contributed by atoms with E-state index in [1.54, 1.807) is 0 Å². The van der Waals surface area contributed by atoms with Crippen LogP contribution in [0.3, 0.4) is 0 Å². The van der Waals surface area contributed by atoms with Crippen molar-refractivity contribution in [1.82, 2.24) is 9.88 Å². The number of fused-ring (bicyclic) bond motifs is 1. The monoisotopic (exact) mass is 294 g/mol. The Kier molecular flexibility index (Phi) is 4.45. The van der Waals surface area contributed by atoms with Crippen LogP contribution in [0.5, 0.6) is 5.75 Å². The number of H-pyrrole nitrogens is 1. The second-order valence-corrected chi connectivity index (χ2v) is 5.85. The summed E-state index contributed by atoms with van der Waals surface area (Å²) < 4.78 is 5.88. The number of aromatic amines is 1. The molecular weight excluding hydrogens is 272 g/mol. The van der Waals surface area contributed by atoms with Gasteiger partial charge in [0.15, 0.2) is 0 Å². The highest BCUT2D eigenvalue weighted by Crippen LogP contribution is 2.24. The highest BCUT2D eigenvalue weighted by atomic mass is 16.5. The molecule has 0 amide bonds. The van der Waals surface area contributed by atoms with Gasteiger partial charge in [0, 0.05) is 29.7 Å². The molecule has 0 unspecified atom stereocenters. The van der Waals surface area contributed by atoms with E-state index in [2.05, 4.69) is 60.5 Å². The van der Waals surface area contributed by atoms with Crippen LogP contribution in [0.4, 0.5) is 0 Å². The van der Waals surface area contributed by atoms with E-state index in [-0.39, 0.29) is 0 Å². The second kappa shape index (κ2) is 6.67. The summed E-state index contributed by atoms with van der Waals surface area (Å²) in [5.41, 5.74) is 3.68. The van der Waals surface area contributed by atoms with Crippen molar-refractivity contribution < 1.29 is 4.74 Å². The quantitative estimate of drug-likeness (QED) is 0.748. The molecule has 3 heteroatoms. The summed E-state index contributed by atoms with van der Waals surface area (Å²) in [5.74, 6) is 0.900. The predicted octanol–water partition coefficient (Wildman–Crippen LogP) is 3.85. The Hall–Kier alpha value is -2.26. The van der Waals surface area contributed by atoms with Gasteiger partial charge < -0.3 is 14.6 Å². The van der Waals surface area contributed by atoms with Gasteiger partial charge in [-0.05, 0) is 43.8 Å². The molecule has 3 rings (SSSR count). The first-order valence-corrected chi connectivity index (χ1v) is 7.64. The Morgan fingerprint density at radius 1 is 1.05 bits per heavy atom. The van der Waals surface area contributed by atoms with E-state index in [0.29, 0.717) is 6.61 Å². The summed E-state index contributed by atoms with van der Waals surface area (Å²) in [4.78, 5) is 5.56. The number of rotatable bonds is 6. The molecule has 2 aromatic carbocycles. The van der Waals surface area contributed by atoms with Gasteiger partial charge in [0.05, 0.1) is 0 Å². The van der Waals surface area contributed by atoms with E-state index in [4.69, 9.17) is 4.74 Å².